The van der Waals surface area contributed by atoms with Crippen molar-refractivity contribution in [2.75, 3.05) is 6.61 Å². The van der Waals surface area contributed by atoms with Gasteiger partial charge in [0.1, 0.15) is 5.75 Å². The van der Waals surface area contributed by atoms with Gasteiger partial charge in [0.15, 0.2) is 6.61 Å². The van der Waals surface area contributed by atoms with Crippen molar-refractivity contribution in [3.8, 4) is 16.9 Å². The maximum Gasteiger partial charge on any atom is 0.277 e. The van der Waals surface area contributed by atoms with Crippen LogP contribution in [0.3, 0.4) is 0 Å². The second kappa shape index (κ2) is 8.40. The molecule has 2 aromatic carbocycles. The van der Waals surface area contributed by atoms with Gasteiger partial charge in [-0.25, -0.2) is 5.43 Å². The molecule has 0 aliphatic heterocycles. The summed E-state index contributed by atoms with van der Waals surface area (Å²) in [5.41, 5.74) is 5.30. The minimum absolute atomic E-state index is 0.107. The molecule has 0 bridgehead atoms. The van der Waals surface area contributed by atoms with Crippen molar-refractivity contribution in [2.45, 2.75) is 0 Å². The van der Waals surface area contributed by atoms with Crippen molar-refractivity contribution in [3.05, 3.63) is 84.7 Å². The second-order valence-electron chi connectivity index (χ2n) is 5.23. The van der Waals surface area contributed by atoms with Crippen LogP contribution in [0.5, 0.6) is 5.75 Å². The molecule has 0 saturated heterocycles. The third-order valence-electron chi connectivity index (χ3n) is 3.41. The van der Waals surface area contributed by atoms with Crippen molar-refractivity contribution >= 4 is 12.1 Å². The average molecular weight is 331 g/mol. The summed E-state index contributed by atoms with van der Waals surface area (Å²) in [6, 6.07) is 23.1. The number of hydrogen-bond donors (Lipinski definition) is 1. The zero-order valence-corrected chi connectivity index (χ0v) is 13.5. The lowest BCUT2D eigenvalue weighted by molar-refractivity contribution is -0.123. The number of aromatic nitrogens is 1. The summed E-state index contributed by atoms with van der Waals surface area (Å²) in [5, 5.41) is 3.84. The van der Waals surface area contributed by atoms with E-state index in [4.69, 9.17) is 4.74 Å². The molecule has 0 atom stereocenters. The molecule has 0 fully saturated rings. The van der Waals surface area contributed by atoms with Crippen molar-refractivity contribution in [3.63, 3.8) is 0 Å². The molecular weight excluding hydrogens is 314 g/mol. The van der Waals surface area contributed by atoms with E-state index < -0.39 is 0 Å². The fourth-order valence-electron chi connectivity index (χ4n) is 2.18. The fraction of sp³-hybridized carbons (Fsp3) is 0.0500. The second-order valence-corrected chi connectivity index (χ2v) is 5.23. The molecule has 3 rings (SSSR count). The molecule has 0 saturated carbocycles. The van der Waals surface area contributed by atoms with Gasteiger partial charge in [-0.1, -0.05) is 48.5 Å². The standard InChI is InChI=1S/C20H17N3O2/c24-20(23-22-14-18-8-4-5-13-21-18)15-25-19-11-9-17(10-12-19)16-6-2-1-3-7-16/h1-14H,15H2,(H,23,24)/b22-14+. The molecule has 1 N–H and O–H groups in total. The maximum absolute atomic E-state index is 11.7. The molecule has 0 unspecified atom stereocenters. The van der Waals surface area contributed by atoms with Crippen LogP contribution in [0, 0.1) is 0 Å². The van der Waals surface area contributed by atoms with Crippen LogP contribution in [-0.4, -0.2) is 23.7 Å². The Balaban J connectivity index is 1.48. The first-order valence-corrected chi connectivity index (χ1v) is 7.82. The number of carbonyl (C=O) groups is 1. The summed E-state index contributed by atoms with van der Waals surface area (Å²) >= 11 is 0. The lowest BCUT2D eigenvalue weighted by Crippen LogP contribution is -2.24. The van der Waals surface area contributed by atoms with E-state index in [1.807, 2.05) is 66.7 Å². The lowest BCUT2D eigenvalue weighted by atomic mass is 10.1. The van der Waals surface area contributed by atoms with Gasteiger partial charge in [0.25, 0.3) is 5.91 Å². The minimum Gasteiger partial charge on any atom is -0.484 e. The van der Waals surface area contributed by atoms with Crippen LogP contribution in [0.25, 0.3) is 11.1 Å². The highest BCUT2D eigenvalue weighted by Crippen LogP contribution is 2.21. The number of benzene rings is 2. The quantitative estimate of drug-likeness (QED) is 0.557. The summed E-state index contributed by atoms with van der Waals surface area (Å²) in [5.74, 6) is 0.294. The lowest BCUT2D eigenvalue weighted by Gasteiger charge is -2.06. The number of ether oxygens (including phenoxy) is 1. The molecule has 1 heterocycles. The Bertz CT molecular complexity index is 832. The normalized spacial score (nSPS) is 10.6. The third-order valence-corrected chi connectivity index (χ3v) is 3.41. The van der Waals surface area contributed by atoms with Crippen LogP contribution in [0.4, 0.5) is 0 Å². The van der Waals surface area contributed by atoms with Crippen LogP contribution in [0.2, 0.25) is 0 Å². The van der Waals surface area contributed by atoms with E-state index in [-0.39, 0.29) is 12.5 Å². The average Bonchev–Trinajstić information content (AvgIpc) is 2.68. The van der Waals surface area contributed by atoms with Crippen LogP contribution < -0.4 is 10.2 Å². The minimum atomic E-state index is -0.334. The van der Waals surface area contributed by atoms with Crippen LogP contribution in [0.1, 0.15) is 5.69 Å². The van der Waals surface area contributed by atoms with E-state index >= 15 is 0 Å². The molecule has 124 valence electrons. The van der Waals surface area contributed by atoms with Crippen molar-refractivity contribution in [1.29, 1.82) is 0 Å². The Morgan fingerprint density at radius 1 is 0.960 bits per heavy atom. The van der Waals surface area contributed by atoms with Gasteiger partial charge in [0.2, 0.25) is 0 Å². The summed E-state index contributed by atoms with van der Waals surface area (Å²) in [6.07, 6.45) is 3.14. The Morgan fingerprint density at radius 2 is 1.68 bits per heavy atom. The summed E-state index contributed by atoms with van der Waals surface area (Å²) in [7, 11) is 0. The van der Waals surface area contributed by atoms with E-state index in [1.54, 1.807) is 12.3 Å². The highest BCUT2D eigenvalue weighted by Gasteiger charge is 2.02. The Morgan fingerprint density at radius 3 is 2.40 bits per heavy atom. The first kappa shape index (κ1) is 16.4. The molecule has 1 amide bonds. The molecule has 0 aliphatic carbocycles. The number of hydrogen-bond acceptors (Lipinski definition) is 4. The van der Waals surface area contributed by atoms with Gasteiger partial charge in [0, 0.05) is 6.20 Å². The molecular formula is C20H17N3O2. The SMILES string of the molecule is O=C(COc1ccc(-c2ccccc2)cc1)N/N=C/c1ccccn1. The first-order chi connectivity index (χ1) is 12.3. The van der Waals surface area contributed by atoms with Gasteiger partial charge in [-0.2, -0.15) is 5.10 Å². The molecule has 25 heavy (non-hydrogen) atoms. The summed E-state index contributed by atoms with van der Waals surface area (Å²) < 4.78 is 5.46. The van der Waals surface area contributed by atoms with Gasteiger partial charge in [0.05, 0.1) is 11.9 Å². The Labute approximate surface area is 146 Å². The molecule has 0 radical (unpaired) electrons. The molecule has 5 nitrogen and oxygen atoms in total. The largest absolute Gasteiger partial charge is 0.484 e. The maximum atomic E-state index is 11.7. The smallest absolute Gasteiger partial charge is 0.277 e. The van der Waals surface area contributed by atoms with E-state index in [9.17, 15) is 4.79 Å². The third kappa shape index (κ3) is 5.00. The predicted octanol–water partition coefficient (Wildman–Crippen LogP) is 3.28. The number of pyridine rings is 1. The van der Waals surface area contributed by atoms with Gasteiger partial charge in [-0.3, -0.25) is 9.78 Å². The van der Waals surface area contributed by atoms with Gasteiger partial charge in [-0.15, -0.1) is 0 Å². The monoisotopic (exact) mass is 331 g/mol. The summed E-state index contributed by atoms with van der Waals surface area (Å²) in [6.45, 7) is -0.107. The van der Waals surface area contributed by atoms with Gasteiger partial charge < -0.3 is 4.74 Å². The van der Waals surface area contributed by atoms with E-state index in [0.717, 1.165) is 11.1 Å². The first-order valence-electron chi connectivity index (χ1n) is 7.82. The number of nitrogens with zero attached hydrogens (tertiary/aromatic N) is 2. The molecule has 5 heteroatoms. The predicted molar refractivity (Wildman–Crippen MR) is 97.3 cm³/mol. The Hall–Kier alpha value is -3.47. The van der Waals surface area contributed by atoms with Gasteiger partial charge in [-0.05, 0) is 35.4 Å². The van der Waals surface area contributed by atoms with E-state index in [0.29, 0.717) is 11.4 Å². The van der Waals surface area contributed by atoms with Crippen LogP contribution >= 0.6 is 0 Å². The van der Waals surface area contributed by atoms with E-state index in [2.05, 4.69) is 15.5 Å². The number of rotatable bonds is 6. The number of amides is 1. The van der Waals surface area contributed by atoms with Crippen molar-refractivity contribution < 1.29 is 9.53 Å². The highest BCUT2D eigenvalue weighted by molar-refractivity contribution is 5.81. The molecule has 0 spiro atoms. The Kier molecular flexibility index (Phi) is 5.51. The molecule has 1 aromatic heterocycles. The van der Waals surface area contributed by atoms with Crippen LogP contribution in [-0.2, 0) is 4.79 Å². The topological polar surface area (TPSA) is 63.6 Å². The number of carbonyl (C=O) groups excluding carboxylic acids is 1. The summed E-state index contributed by atoms with van der Waals surface area (Å²) in [4.78, 5) is 15.8. The van der Waals surface area contributed by atoms with Crippen molar-refractivity contribution in [1.82, 2.24) is 10.4 Å². The number of nitrogens with one attached hydrogen (secondary N) is 1. The molecule has 0 aliphatic rings. The zero-order valence-electron chi connectivity index (χ0n) is 13.5. The van der Waals surface area contributed by atoms with E-state index in [1.165, 1.54) is 6.21 Å². The molecule has 3 aromatic rings. The van der Waals surface area contributed by atoms with Crippen molar-refractivity contribution in [2.24, 2.45) is 5.10 Å². The van der Waals surface area contributed by atoms with Crippen LogP contribution in [0.15, 0.2) is 84.1 Å². The highest BCUT2D eigenvalue weighted by atomic mass is 16.5. The zero-order chi connectivity index (χ0) is 17.3. The fourth-order valence-corrected chi connectivity index (χ4v) is 2.18. The number of hydrazone groups is 1. The van der Waals surface area contributed by atoms with Gasteiger partial charge >= 0.3 is 0 Å².